The van der Waals surface area contributed by atoms with Crippen molar-refractivity contribution >= 4 is 0 Å². The van der Waals surface area contributed by atoms with Crippen LogP contribution in [0.1, 0.15) is 71.6 Å². The zero-order chi connectivity index (χ0) is 9.52. The highest BCUT2D eigenvalue weighted by Gasteiger charge is 2.20. The molecule has 0 heterocycles. The van der Waals surface area contributed by atoms with Crippen LogP contribution in [0.3, 0.4) is 0 Å². The summed E-state index contributed by atoms with van der Waals surface area (Å²) in [4.78, 5) is 0. The third kappa shape index (κ3) is 4.15. The van der Waals surface area contributed by atoms with Gasteiger partial charge in [-0.25, -0.2) is 0 Å². The fourth-order valence-corrected chi connectivity index (χ4v) is 2.83. The van der Waals surface area contributed by atoms with E-state index < -0.39 is 0 Å². The van der Waals surface area contributed by atoms with Crippen LogP contribution in [0.5, 0.6) is 0 Å². The van der Waals surface area contributed by atoms with E-state index in [1.54, 1.807) is 6.42 Å². The summed E-state index contributed by atoms with van der Waals surface area (Å²) >= 11 is 0. The largest absolute Gasteiger partial charge is 0.0654 e. The van der Waals surface area contributed by atoms with Crippen LogP contribution in [-0.2, 0) is 0 Å². The van der Waals surface area contributed by atoms with Gasteiger partial charge in [0.25, 0.3) is 0 Å². The second-order valence-electron chi connectivity index (χ2n) is 4.83. The smallest absolute Gasteiger partial charge is 0.0412 e. The first kappa shape index (κ1) is 11.1. The molecule has 0 nitrogen and oxygen atoms in total. The highest BCUT2D eigenvalue weighted by Crippen LogP contribution is 2.34. The van der Waals surface area contributed by atoms with Gasteiger partial charge in [0.2, 0.25) is 0 Å². The molecule has 0 saturated heterocycles. The monoisotopic (exact) mass is 182 g/mol. The van der Waals surface area contributed by atoms with E-state index in [1.807, 2.05) is 0 Å². The average molecular weight is 182 g/mol. The van der Waals surface area contributed by atoms with E-state index in [9.17, 15) is 0 Å². The molecule has 1 rings (SSSR count). The average Bonchev–Trinajstić information content (AvgIpc) is 2.16. The van der Waals surface area contributed by atoms with Crippen LogP contribution in [0.15, 0.2) is 0 Å². The molecule has 1 fully saturated rings. The second-order valence-corrected chi connectivity index (χ2v) is 4.83. The van der Waals surface area contributed by atoms with Crippen molar-refractivity contribution in [3.05, 3.63) is 0 Å². The van der Waals surface area contributed by atoms with Gasteiger partial charge in [-0.2, -0.15) is 0 Å². The molecule has 1 aliphatic carbocycles. The Bertz CT molecular complexity index is 115. The standard InChI is InChI=1S/C13H26/c1-3-5-8-13-10-6-9-12(11-13)7-4-2/h12-13H,3-11H2,1-2H3. The molecule has 0 aromatic rings. The van der Waals surface area contributed by atoms with E-state index in [4.69, 9.17) is 0 Å². The molecule has 0 aromatic heterocycles. The van der Waals surface area contributed by atoms with Crippen molar-refractivity contribution in [2.45, 2.75) is 71.6 Å². The van der Waals surface area contributed by atoms with Gasteiger partial charge in [0.15, 0.2) is 0 Å². The van der Waals surface area contributed by atoms with E-state index in [-0.39, 0.29) is 0 Å². The molecular formula is C13H26. The normalized spacial score (nSPS) is 29.1. The third-order valence-electron chi connectivity index (χ3n) is 3.55. The van der Waals surface area contributed by atoms with Gasteiger partial charge in [-0.15, -0.1) is 0 Å². The van der Waals surface area contributed by atoms with Crippen molar-refractivity contribution in [2.24, 2.45) is 11.8 Å². The van der Waals surface area contributed by atoms with Crippen molar-refractivity contribution in [3.63, 3.8) is 0 Å². The number of unbranched alkanes of at least 4 members (excludes halogenated alkanes) is 1. The van der Waals surface area contributed by atoms with E-state index in [2.05, 4.69) is 13.8 Å². The van der Waals surface area contributed by atoms with E-state index >= 15 is 0 Å². The molecule has 13 heavy (non-hydrogen) atoms. The molecule has 0 aliphatic heterocycles. The minimum Gasteiger partial charge on any atom is -0.0654 e. The number of hydrogen-bond acceptors (Lipinski definition) is 0. The summed E-state index contributed by atoms with van der Waals surface area (Å²) in [5.74, 6) is 2.17. The van der Waals surface area contributed by atoms with Crippen molar-refractivity contribution in [1.29, 1.82) is 0 Å². The number of rotatable bonds is 5. The molecule has 0 bridgehead atoms. The Balaban J connectivity index is 2.16. The lowest BCUT2D eigenvalue weighted by atomic mass is 9.77. The van der Waals surface area contributed by atoms with Crippen LogP contribution in [-0.4, -0.2) is 0 Å². The Morgan fingerprint density at radius 1 is 0.923 bits per heavy atom. The molecule has 0 amide bonds. The maximum absolute atomic E-state index is 2.33. The first-order chi connectivity index (χ1) is 6.36. The molecular weight excluding hydrogens is 156 g/mol. The quantitative estimate of drug-likeness (QED) is 0.574. The van der Waals surface area contributed by atoms with Gasteiger partial charge in [0.1, 0.15) is 0 Å². The molecule has 2 unspecified atom stereocenters. The van der Waals surface area contributed by atoms with Gasteiger partial charge < -0.3 is 0 Å². The first-order valence-corrected chi connectivity index (χ1v) is 6.36. The van der Waals surface area contributed by atoms with E-state index in [0.29, 0.717) is 0 Å². The van der Waals surface area contributed by atoms with E-state index in [0.717, 1.165) is 11.8 Å². The second kappa shape index (κ2) is 6.45. The summed E-state index contributed by atoms with van der Waals surface area (Å²) in [5.41, 5.74) is 0. The molecule has 0 spiro atoms. The Morgan fingerprint density at radius 2 is 1.62 bits per heavy atom. The van der Waals surface area contributed by atoms with Crippen LogP contribution < -0.4 is 0 Å². The van der Waals surface area contributed by atoms with Gasteiger partial charge >= 0.3 is 0 Å². The Hall–Kier alpha value is 0. The van der Waals surface area contributed by atoms with Gasteiger partial charge in [-0.1, -0.05) is 65.2 Å². The molecule has 1 saturated carbocycles. The van der Waals surface area contributed by atoms with E-state index in [1.165, 1.54) is 51.4 Å². The summed E-state index contributed by atoms with van der Waals surface area (Å²) in [6, 6.07) is 0. The Kier molecular flexibility index (Phi) is 5.50. The van der Waals surface area contributed by atoms with Crippen molar-refractivity contribution in [1.82, 2.24) is 0 Å². The molecule has 0 N–H and O–H groups in total. The highest BCUT2D eigenvalue weighted by molar-refractivity contribution is 4.72. The Labute approximate surface area is 84.1 Å². The van der Waals surface area contributed by atoms with Gasteiger partial charge in [0.05, 0.1) is 0 Å². The Morgan fingerprint density at radius 3 is 2.23 bits per heavy atom. The number of hydrogen-bond donors (Lipinski definition) is 0. The predicted molar refractivity (Wildman–Crippen MR) is 59.9 cm³/mol. The fraction of sp³-hybridized carbons (Fsp3) is 1.00. The predicted octanol–water partition coefficient (Wildman–Crippen LogP) is 4.78. The lowest BCUT2D eigenvalue weighted by Crippen LogP contribution is -2.15. The SMILES string of the molecule is CCCCC1CCCC(CCC)C1. The third-order valence-corrected chi connectivity index (χ3v) is 3.55. The fourth-order valence-electron chi connectivity index (χ4n) is 2.83. The zero-order valence-electron chi connectivity index (χ0n) is 9.52. The van der Waals surface area contributed by atoms with Crippen molar-refractivity contribution in [3.8, 4) is 0 Å². The molecule has 2 atom stereocenters. The highest BCUT2D eigenvalue weighted by atomic mass is 14.3. The lowest BCUT2D eigenvalue weighted by molar-refractivity contribution is 0.239. The molecule has 0 radical (unpaired) electrons. The van der Waals surface area contributed by atoms with Crippen LogP contribution in [0, 0.1) is 11.8 Å². The lowest BCUT2D eigenvalue weighted by Gasteiger charge is -2.28. The van der Waals surface area contributed by atoms with Crippen molar-refractivity contribution in [2.75, 3.05) is 0 Å². The van der Waals surface area contributed by atoms with Crippen LogP contribution in [0.25, 0.3) is 0 Å². The van der Waals surface area contributed by atoms with Crippen LogP contribution in [0.4, 0.5) is 0 Å². The maximum atomic E-state index is 2.33. The topological polar surface area (TPSA) is 0 Å². The van der Waals surface area contributed by atoms with Gasteiger partial charge in [-0.3, -0.25) is 0 Å². The van der Waals surface area contributed by atoms with Gasteiger partial charge in [0, 0.05) is 0 Å². The minimum atomic E-state index is 1.08. The molecule has 78 valence electrons. The summed E-state index contributed by atoms with van der Waals surface area (Å²) in [5, 5.41) is 0. The van der Waals surface area contributed by atoms with Crippen molar-refractivity contribution < 1.29 is 0 Å². The maximum Gasteiger partial charge on any atom is -0.0412 e. The minimum absolute atomic E-state index is 1.08. The first-order valence-electron chi connectivity index (χ1n) is 6.36. The summed E-state index contributed by atoms with van der Waals surface area (Å²) in [6.45, 7) is 4.64. The summed E-state index contributed by atoms with van der Waals surface area (Å²) < 4.78 is 0. The zero-order valence-corrected chi connectivity index (χ0v) is 9.52. The van der Waals surface area contributed by atoms with Gasteiger partial charge in [-0.05, 0) is 18.3 Å². The summed E-state index contributed by atoms with van der Waals surface area (Å²) in [7, 11) is 0. The molecule has 0 heteroatoms. The van der Waals surface area contributed by atoms with Crippen LogP contribution in [0.2, 0.25) is 0 Å². The molecule has 0 aromatic carbocycles. The van der Waals surface area contributed by atoms with Crippen LogP contribution >= 0.6 is 0 Å². The molecule has 1 aliphatic rings. The summed E-state index contributed by atoms with van der Waals surface area (Å²) in [6.07, 6.45) is 13.4.